The van der Waals surface area contributed by atoms with Gasteiger partial charge in [0.25, 0.3) is 5.91 Å². The van der Waals surface area contributed by atoms with Crippen molar-refractivity contribution in [3.05, 3.63) is 95.4 Å². The van der Waals surface area contributed by atoms with Crippen LogP contribution in [-0.2, 0) is 24.3 Å². The van der Waals surface area contributed by atoms with Gasteiger partial charge in [0.05, 0.1) is 6.26 Å². The monoisotopic (exact) mass is 459 g/mol. The Balaban J connectivity index is 1.33. The van der Waals surface area contributed by atoms with E-state index in [2.05, 4.69) is 46.7 Å². The average molecular weight is 460 g/mol. The molecule has 1 fully saturated rings. The molecule has 1 saturated heterocycles. The number of carbonyl (C=O) groups excluding carboxylic acids is 2. The lowest BCUT2D eigenvalue weighted by Gasteiger charge is -2.30. The van der Waals surface area contributed by atoms with Gasteiger partial charge in [0, 0.05) is 19.5 Å². The first kappa shape index (κ1) is 23.8. The molecule has 0 bridgehead atoms. The Kier molecular flexibility index (Phi) is 8.15. The van der Waals surface area contributed by atoms with Crippen LogP contribution in [0.1, 0.15) is 47.0 Å². The minimum absolute atomic E-state index is 0.185. The summed E-state index contributed by atoms with van der Waals surface area (Å²) >= 11 is 0. The van der Waals surface area contributed by atoms with Crippen molar-refractivity contribution in [3.8, 4) is 0 Å². The van der Waals surface area contributed by atoms with Crippen molar-refractivity contribution in [1.82, 2.24) is 15.5 Å². The standard InChI is InChI=1S/C28H33N3O3/c1-21-13-15-31(16-14-21)20-24-11-9-23(10-12-24)19-29-27(32)25(18-22-6-3-2-4-7-22)30-28(33)26-8-5-17-34-26/h2-12,17,21,25H,13-16,18-20H2,1H3,(H,29,32)(H,30,33). The van der Waals surface area contributed by atoms with E-state index in [1.165, 1.54) is 24.7 Å². The Labute approximate surface area is 201 Å². The van der Waals surface area contributed by atoms with Crippen LogP contribution in [0, 0.1) is 5.92 Å². The van der Waals surface area contributed by atoms with Crippen molar-refractivity contribution in [2.45, 2.75) is 45.3 Å². The fraction of sp³-hybridized carbons (Fsp3) is 0.357. The maximum absolute atomic E-state index is 13.0. The number of hydrogen-bond acceptors (Lipinski definition) is 4. The first-order valence-corrected chi connectivity index (χ1v) is 12.0. The van der Waals surface area contributed by atoms with Gasteiger partial charge < -0.3 is 15.1 Å². The van der Waals surface area contributed by atoms with Gasteiger partial charge >= 0.3 is 0 Å². The molecule has 2 amide bonds. The van der Waals surface area contributed by atoms with Crippen molar-refractivity contribution in [2.24, 2.45) is 5.92 Å². The summed E-state index contributed by atoms with van der Waals surface area (Å²) < 4.78 is 5.18. The third-order valence-corrected chi connectivity index (χ3v) is 6.42. The second-order valence-corrected chi connectivity index (χ2v) is 9.19. The summed E-state index contributed by atoms with van der Waals surface area (Å²) in [4.78, 5) is 28.0. The van der Waals surface area contributed by atoms with Crippen LogP contribution in [0.4, 0.5) is 0 Å². The number of rotatable bonds is 9. The summed E-state index contributed by atoms with van der Waals surface area (Å²) in [6, 6.07) is 20.6. The molecule has 2 aromatic carbocycles. The maximum Gasteiger partial charge on any atom is 0.287 e. The number of furan rings is 1. The second-order valence-electron chi connectivity index (χ2n) is 9.19. The third kappa shape index (κ3) is 6.81. The normalized spacial score (nSPS) is 15.6. The largest absolute Gasteiger partial charge is 0.459 e. The second kappa shape index (κ2) is 11.7. The number of carbonyl (C=O) groups is 2. The lowest BCUT2D eigenvalue weighted by Crippen LogP contribution is -2.47. The highest BCUT2D eigenvalue weighted by Crippen LogP contribution is 2.18. The van der Waals surface area contributed by atoms with Crippen LogP contribution in [0.15, 0.2) is 77.4 Å². The number of likely N-dealkylation sites (tertiary alicyclic amines) is 1. The van der Waals surface area contributed by atoms with Gasteiger partial charge in [-0.05, 0) is 60.7 Å². The number of piperidine rings is 1. The van der Waals surface area contributed by atoms with Crippen molar-refractivity contribution in [2.75, 3.05) is 13.1 Å². The van der Waals surface area contributed by atoms with Gasteiger partial charge in [-0.15, -0.1) is 0 Å². The molecular weight excluding hydrogens is 426 g/mol. The van der Waals surface area contributed by atoms with Gasteiger partial charge in [-0.2, -0.15) is 0 Å². The lowest BCUT2D eigenvalue weighted by molar-refractivity contribution is -0.123. The summed E-state index contributed by atoms with van der Waals surface area (Å²) in [5, 5.41) is 5.79. The Hall–Kier alpha value is -3.38. The fourth-order valence-electron chi connectivity index (χ4n) is 4.25. The molecule has 2 N–H and O–H groups in total. The Morgan fingerprint density at radius 2 is 1.65 bits per heavy atom. The summed E-state index contributed by atoms with van der Waals surface area (Å²) in [5.74, 6) is 0.384. The smallest absolute Gasteiger partial charge is 0.287 e. The minimum atomic E-state index is -0.708. The molecule has 0 aliphatic carbocycles. The molecule has 0 radical (unpaired) electrons. The highest BCUT2D eigenvalue weighted by molar-refractivity contribution is 5.95. The average Bonchev–Trinajstić information content (AvgIpc) is 3.40. The molecule has 1 aliphatic rings. The van der Waals surface area contributed by atoms with Gasteiger partial charge in [-0.25, -0.2) is 0 Å². The molecule has 4 rings (SSSR count). The van der Waals surface area contributed by atoms with Crippen molar-refractivity contribution in [3.63, 3.8) is 0 Å². The van der Waals surface area contributed by atoms with E-state index in [0.29, 0.717) is 13.0 Å². The quantitative estimate of drug-likeness (QED) is 0.504. The minimum Gasteiger partial charge on any atom is -0.459 e. The zero-order valence-electron chi connectivity index (χ0n) is 19.7. The molecule has 0 spiro atoms. The molecule has 3 aromatic rings. The van der Waals surface area contributed by atoms with Crippen LogP contribution in [0.3, 0.4) is 0 Å². The van der Waals surface area contributed by atoms with Crippen LogP contribution < -0.4 is 10.6 Å². The van der Waals surface area contributed by atoms with E-state index in [0.717, 1.165) is 36.7 Å². The molecule has 6 heteroatoms. The Bertz CT molecular complexity index is 1040. The molecular formula is C28H33N3O3. The number of benzene rings is 2. The molecule has 1 aromatic heterocycles. The first-order chi connectivity index (χ1) is 16.6. The number of nitrogens with zero attached hydrogens (tertiary/aromatic N) is 1. The summed E-state index contributed by atoms with van der Waals surface area (Å²) in [6.07, 6.45) is 4.37. The fourth-order valence-corrected chi connectivity index (χ4v) is 4.25. The zero-order valence-corrected chi connectivity index (χ0v) is 19.7. The van der Waals surface area contributed by atoms with E-state index in [-0.39, 0.29) is 11.7 Å². The van der Waals surface area contributed by atoms with E-state index in [9.17, 15) is 9.59 Å². The van der Waals surface area contributed by atoms with Crippen LogP contribution in [-0.4, -0.2) is 35.8 Å². The van der Waals surface area contributed by atoms with Crippen molar-refractivity contribution < 1.29 is 14.0 Å². The lowest BCUT2D eigenvalue weighted by atomic mass is 9.99. The van der Waals surface area contributed by atoms with Gasteiger partial charge in [0.2, 0.25) is 5.91 Å². The Morgan fingerprint density at radius 3 is 2.32 bits per heavy atom. The van der Waals surface area contributed by atoms with E-state index in [1.54, 1.807) is 12.1 Å². The van der Waals surface area contributed by atoms with Crippen LogP contribution >= 0.6 is 0 Å². The Morgan fingerprint density at radius 1 is 0.941 bits per heavy atom. The highest BCUT2D eigenvalue weighted by Gasteiger charge is 2.23. The predicted octanol–water partition coefficient (Wildman–Crippen LogP) is 4.17. The number of hydrogen-bond donors (Lipinski definition) is 2. The van der Waals surface area contributed by atoms with Crippen molar-refractivity contribution in [1.29, 1.82) is 0 Å². The van der Waals surface area contributed by atoms with E-state index >= 15 is 0 Å². The predicted molar refractivity (Wildman–Crippen MR) is 132 cm³/mol. The van der Waals surface area contributed by atoms with Gasteiger partial charge in [0.1, 0.15) is 6.04 Å². The zero-order chi connectivity index (χ0) is 23.8. The molecule has 2 heterocycles. The maximum atomic E-state index is 13.0. The van der Waals surface area contributed by atoms with Crippen LogP contribution in [0.5, 0.6) is 0 Å². The number of nitrogens with one attached hydrogen (secondary N) is 2. The summed E-state index contributed by atoms with van der Waals surface area (Å²) in [6.45, 7) is 6.02. The van der Waals surface area contributed by atoms with E-state index in [1.807, 2.05) is 30.3 Å². The van der Waals surface area contributed by atoms with Gasteiger partial charge in [-0.1, -0.05) is 61.5 Å². The molecule has 1 unspecified atom stereocenters. The molecule has 6 nitrogen and oxygen atoms in total. The van der Waals surface area contributed by atoms with Crippen LogP contribution in [0.2, 0.25) is 0 Å². The molecule has 1 aliphatic heterocycles. The molecule has 34 heavy (non-hydrogen) atoms. The van der Waals surface area contributed by atoms with Crippen molar-refractivity contribution >= 4 is 11.8 Å². The van der Waals surface area contributed by atoms with E-state index < -0.39 is 11.9 Å². The van der Waals surface area contributed by atoms with E-state index in [4.69, 9.17) is 4.42 Å². The highest BCUT2D eigenvalue weighted by atomic mass is 16.3. The van der Waals surface area contributed by atoms with Gasteiger partial charge in [-0.3, -0.25) is 14.5 Å². The van der Waals surface area contributed by atoms with Gasteiger partial charge in [0.15, 0.2) is 5.76 Å². The SMILES string of the molecule is CC1CCN(Cc2ccc(CNC(=O)C(Cc3ccccc3)NC(=O)c3ccco3)cc2)CC1. The summed E-state index contributed by atoms with van der Waals surface area (Å²) in [5.41, 5.74) is 3.29. The van der Waals surface area contributed by atoms with Crippen LogP contribution in [0.25, 0.3) is 0 Å². The third-order valence-electron chi connectivity index (χ3n) is 6.42. The molecule has 0 saturated carbocycles. The number of amides is 2. The first-order valence-electron chi connectivity index (χ1n) is 12.0. The topological polar surface area (TPSA) is 74.6 Å². The summed E-state index contributed by atoms with van der Waals surface area (Å²) in [7, 11) is 0. The molecule has 1 atom stereocenters. The molecule has 178 valence electrons.